The van der Waals surface area contributed by atoms with Gasteiger partial charge in [-0.15, -0.1) is 5.10 Å². The average Bonchev–Trinajstić information content (AvgIpc) is 2.81. The summed E-state index contributed by atoms with van der Waals surface area (Å²) in [4.78, 5) is 11.9. The highest BCUT2D eigenvalue weighted by molar-refractivity contribution is 6.30. The lowest BCUT2D eigenvalue weighted by molar-refractivity contribution is -0.116. The SMILES string of the molecule is CNCc1cn(CC(=O)Nc2ccc(Cl)cc2C)nn1. The van der Waals surface area contributed by atoms with Gasteiger partial charge in [-0.05, 0) is 37.7 Å². The fourth-order valence-electron chi connectivity index (χ4n) is 1.78. The lowest BCUT2D eigenvalue weighted by atomic mass is 10.2. The third-order valence-electron chi connectivity index (χ3n) is 2.71. The number of nitrogens with one attached hydrogen (secondary N) is 2. The molecule has 7 heteroatoms. The summed E-state index contributed by atoms with van der Waals surface area (Å²) in [5.41, 5.74) is 2.46. The van der Waals surface area contributed by atoms with Crippen molar-refractivity contribution in [3.05, 3.63) is 40.7 Å². The van der Waals surface area contributed by atoms with Gasteiger partial charge in [0.15, 0.2) is 0 Å². The quantitative estimate of drug-likeness (QED) is 0.878. The molecule has 0 aliphatic carbocycles. The number of rotatable bonds is 5. The number of aromatic nitrogens is 3. The zero-order valence-corrected chi connectivity index (χ0v) is 12.1. The van der Waals surface area contributed by atoms with E-state index in [9.17, 15) is 4.79 Å². The van der Waals surface area contributed by atoms with E-state index in [-0.39, 0.29) is 12.5 Å². The van der Waals surface area contributed by atoms with Crippen LogP contribution in [-0.2, 0) is 17.9 Å². The van der Waals surface area contributed by atoms with Crippen LogP contribution in [0.1, 0.15) is 11.3 Å². The van der Waals surface area contributed by atoms with E-state index in [4.69, 9.17) is 11.6 Å². The van der Waals surface area contributed by atoms with Crippen LogP contribution in [0.15, 0.2) is 24.4 Å². The Hall–Kier alpha value is -1.92. The molecule has 2 N–H and O–H groups in total. The molecule has 0 spiro atoms. The third-order valence-corrected chi connectivity index (χ3v) is 2.95. The molecule has 0 unspecified atom stereocenters. The summed E-state index contributed by atoms with van der Waals surface area (Å²) in [6, 6.07) is 5.33. The summed E-state index contributed by atoms with van der Waals surface area (Å²) in [6.45, 7) is 2.64. The molecule has 0 saturated heterocycles. The van der Waals surface area contributed by atoms with Gasteiger partial charge in [-0.2, -0.15) is 0 Å². The molecule has 106 valence electrons. The van der Waals surface area contributed by atoms with Crippen molar-refractivity contribution in [3.63, 3.8) is 0 Å². The molecule has 1 heterocycles. The highest BCUT2D eigenvalue weighted by Crippen LogP contribution is 2.19. The Balaban J connectivity index is 1.97. The topological polar surface area (TPSA) is 71.8 Å². The van der Waals surface area contributed by atoms with Gasteiger partial charge in [-0.3, -0.25) is 4.79 Å². The van der Waals surface area contributed by atoms with Gasteiger partial charge >= 0.3 is 0 Å². The van der Waals surface area contributed by atoms with Crippen molar-refractivity contribution in [3.8, 4) is 0 Å². The Bertz CT molecular complexity index is 611. The molecule has 20 heavy (non-hydrogen) atoms. The van der Waals surface area contributed by atoms with Gasteiger partial charge in [-0.25, -0.2) is 4.68 Å². The van der Waals surface area contributed by atoms with Crippen molar-refractivity contribution in [2.75, 3.05) is 12.4 Å². The Labute approximate surface area is 122 Å². The molecule has 0 fully saturated rings. The van der Waals surface area contributed by atoms with Crippen molar-refractivity contribution >= 4 is 23.2 Å². The molecule has 0 aliphatic rings. The maximum atomic E-state index is 11.9. The Morgan fingerprint density at radius 2 is 2.25 bits per heavy atom. The number of amides is 1. The molecular formula is C13H16ClN5O. The Morgan fingerprint density at radius 3 is 2.95 bits per heavy atom. The predicted octanol–water partition coefficient (Wildman–Crippen LogP) is 1.60. The van der Waals surface area contributed by atoms with E-state index in [1.165, 1.54) is 4.68 Å². The minimum Gasteiger partial charge on any atom is -0.324 e. The number of carbonyl (C=O) groups is 1. The van der Waals surface area contributed by atoms with Gasteiger partial charge in [0.05, 0.1) is 11.9 Å². The van der Waals surface area contributed by atoms with Crippen molar-refractivity contribution in [1.82, 2.24) is 20.3 Å². The highest BCUT2D eigenvalue weighted by atomic mass is 35.5. The zero-order chi connectivity index (χ0) is 14.5. The summed E-state index contributed by atoms with van der Waals surface area (Å²) < 4.78 is 1.51. The Morgan fingerprint density at radius 1 is 1.45 bits per heavy atom. The van der Waals surface area contributed by atoms with Gasteiger partial charge in [0.1, 0.15) is 6.54 Å². The fourth-order valence-corrected chi connectivity index (χ4v) is 2.01. The summed E-state index contributed by atoms with van der Waals surface area (Å²) in [5.74, 6) is -0.156. The summed E-state index contributed by atoms with van der Waals surface area (Å²) >= 11 is 5.87. The highest BCUT2D eigenvalue weighted by Gasteiger charge is 2.08. The standard InChI is InChI=1S/C13H16ClN5O/c1-9-5-10(14)3-4-12(9)16-13(20)8-19-7-11(6-15-2)17-18-19/h3-5,7,15H,6,8H2,1-2H3,(H,16,20). The minimum atomic E-state index is -0.156. The van der Waals surface area contributed by atoms with Crippen molar-refractivity contribution < 1.29 is 4.79 Å². The van der Waals surface area contributed by atoms with Crippen LogP contribution in [0.2, 0.25) is 5.02 Å². The van der Waals surface area contributed by atoms with Crippen LogP contribution in [0, 0.1) is 6.92 Å². The molecule has 0 bridgehead atoms. The molecule has 0 aliphatic heterocycles. The smallest absolute Gasteiger partial charge is 0.246 e. The monoisotopic (exact) mass is 293 g/mol. The number of nitrogens with zero attached hydrogens (tertiary/aromatic N) is 3. The van der Waals surface area contributed by atoms with E-state index in [1.54, 1.807) is 24.4 Å². The largest absolute Gasteiger partial charge is 0.324 e. The van der Waals surface area contributed by atoms with E-state index in [0.717, 1.165) is 16.9 Å². The van der Waals surface area contributed by atoms with Crippen LogP contribution in [0.3, 0.4) is 0 Å². The Kier molecular flexibility index (Phi) is 4.70. The van der Waals surface area contributed by atoms with Gasteiger partial charge in [0.2, 0.25) is 5.91 Å². The van der Waals surface area contributed by atoms with Gasteiger partial charge < -0.3 is 10.6 Å². The third kappa shape index (κ3) is 3.79. The number of anilines is 1. The first kappa shape index (κ1) is 14.5. The molecule has 2 aromatic rings. The first-order chi connectivity index (χ1) is 9.58. The second kappa shape index (κ2) is 6.49. The molecule has 0 atom stereocenters. The maximum absolute atomic E-state index is 11.9. The number of halogens is 1. The lowest BCUT2D eigenvalue weighted by Gasteiger charge is -2.08. The number of hydrogen-bond acceptors (Lipinski definition) is 4. The van der Waals surface area contributed by atoms with E-state index >= 15 is 0 Å². The minimum absolute atomic E-state index is 0.124. The first-order valence-corrected chi connectivity index (χ1v) is 6.56. The second-order valence-electron chi connectivity index (χ2n) is 4.45. The van der Waals surface area contributed by atoms with Crippen LogP contribution in [0.5, 0.6) is 0 Å². The lowest BCUT2D eigenvalue weighted by Crippen LogP contribution is -2.19. The number of hydrogen-bond donors (Lipinski definition) is 2. The molecule has 0 saturated carbocycles. The predicted molar refractivity (Wildman–Crippen MR) is 77.6 cm³/mol. The second-order valence-corrected chi connectivity index (χ2v) is 4.88. The van der Waals surface area contributed by atoms with Crippen molar-refractivity contribution in [2.24, 2.45) is 0 Å². The number of carbonyl (C=O) groups excluding carboxylic acids is 1. The van der Waals surface area contributed by atoms with Crippen molar-refractivity contribution in [2.45, 2.75) is 20.0 Å². The summed E-state index contributed by atoms with van der Waals surface area (Å²) in [6.07, 6.45) is 1.74. The fraction of sp³-hybridized carbons (Fsp3) is 0.308. The van der Waals surface area contributed by atoms with Crippen LogP contribution in [0.4, 0.5) is 5.69 Å². The average molecular weight is 294 g/mol. The van der Waals surface area contributed by atoms with Crippen LogP contribution >= 0.6 is 11.6 Å². The molecule has 1 amide bonds. The molecule has 2 rings (SSSR count). The van der Waals surface area contributed by atoms with E-state index in [1.807, 2.05) is 14.0 Å². The van der Waals surface area contributed by atoms with E-state index in [0.29, 0.717) is 11.6 Å². The maximum Gasteiger partial charge on any atom is 0.246 e. The molecule has 6 nitrogen and oxygen atoms in total. The summed E-state index contributed by atoms with van der Waals surface area (Å²) in [5, 5.41) is 14.3. The first-order valence-electron chi connectivity index (χ1n) is 6.18. The molecular weight excluding hydrogens is 278 g/mol. The van der Waals surface area contributed by atoms with Gasteiger partial charge in [-0.1, -0.05) is 16.8 Å². The summed E-state index contributed by atoms with van der Waals surface area (Å²) in [7, 11) is 1.83. The van der Waals surface area contributed by atoms with E-state index < -0.39 is 0 Å². The van der Waals surface area contributed by atoms with E-state index in [2.05, 4.69) is 20.9 Å². The molecule has 1 aromatic heterocycles. The molecule has 1 aromatic carbocycles. The van der Waals surface area contributed by atoms with Gasteiger partial charge in [0, 0.05) is 17.3 Å². The molecule has 0 radical (unpaired) electrons. The number of aryl methyl sites for hydroxylation is 1. The van der Waals surface area contributed by atoms with Crippen molar-refractivity contribution in [1.29, 1.82) is 0 Å². The van der Waals surface area contributed by atoms with Crippen LogP contribution in [-0.4, -0.2) is 27.9 Å². The zero-order valence-electron chi connectivity index (χ0n) is 11.4. The van der Waals surface area contributed by atoms with Crippen LogP contribution in [0.25, 0.3) is 0 Å². The number of benzene rings is 1. The van der Waals surface area contributed by atoms with Crippen LogP contribution < -0.4 is 10.6 Å². The normalized spacial score (nSPS) is 10.6. The van der Waals surface area contributed by atoms with Gasteiger partial charge in [0.25, 0.3) is 0 Å².